The standard InChI is InChI=1S/C46H36N2.2C34H29N.C22H21N/c1-31-11-13-32(14-12-31)38-21-25-45-43(29-38)44-30-39(22-26-46(44)48(45)41-8-4-3-5-9-41)34-19-23-40(24-20-34)47(2)42-10-6-7-35(28-42)37-18-16-33-15-17-36(33)27-37;1-24-7-3-8-26(19-24)27-9-4-10-28(20-27)29-11-5-13-33(22-29)35(2)34-14-6-12-30(23-34)32-18-16-25-15-17-31(25)21-32;1-24-12-14-25(15-13-24)27-6-3-7-28(20-27)29-8-4-10-33(22-29)35(2)34-11-5-9-30(23-34)32-19-17-26-16-18-31(26)21-32;1-16-6-12-21(13-7-16)23(2)22-5-3-4-18(15-22)20-11-9-17-8-10-19(17)14-20/h3-14,16,18-30H,15,17H2,1-2H3;3-14,16,18-23H,15,17H2,1-2H3;3-15,17,19-23H,16,18H2,1-2H3;3-7,9,11-15H,8,10H2,1-2H3. The maximum atomic E-state index is 2.39. The van der Waals surface area contributed by atoms with Crippen molar-refractivity contribution >= 4 is 67.3 Å². The molecule has 0 unspecified atom stereocenters. The molecule has 0 N–H and O–H groups in total. The third kappa shape index (κ3) is 19.2. The first kappa shape index (κ1) is 89.6. The van der Waals surface area contributed by atoms with Crippen molar-refractivity contribution in [3.05, 3.63) is 522 Å². The zero-order valence-corrected chi connectivity index (χ0v) is 81.7. The highest BCUT2D eigenvalue weighted by Gasteiger charge is 2.23. The van der Waals surface area contributed by atoms with Gasteiger partial charge in [0.15, 0.2) is 0 Å². The van der Waals surface area contributed by atoms with Crippen molar-refractivity contribution in [2.45, 2.75) is 79.1 Å². The maximum absolute atomic E-state index is 2.39. The molecular formula is C136H115N5. The van der Waals surface area contributed by atoms with Gasteiger partial charge >= 0.3 is 0 Å². The summed E-state index contributed by atoms with van der Waals surface area (Å²) in [4.78, 5) is 9.07. The van der Waals surface area contributed by atoms with E-state index in [4.69, 9.17) is 0 Å². The summed E-state index contributed by atoms with van der Waals surface area (Å²) in [7, 11) is 8.58. The molecule has 0 amide bonds. The summed E-state index contributed by atoms with van der Waals surface area (Å²) in [5, 5.41) is 2.52. The molecule has 0 spiro atoms. The van der Waals surface area contributed by atoms with Gasteiger partial charge in [0.25, 0.3) is 0 Å². The molecule has 1 heterocycles. The van der Waals surface area contributed by atoms with Gasteiger partial charge in [0.1, 0.15) is 0 Å². The fourth-order valence-corrected chi connectivity index (χ4v) is 20.4. The first-order valence-electron chi connectivity index (χ1n) is 49.8. The van der Waals surface area contributed by atoms with Gasteiger partial charge in [-0.2, -0.15) is 0 Å². The van der Waals surface area contributed by atoms with E-state index in [1.165, 1.54) is 297 Å². The predicted octanol–water partition coefficient (Wildman–Crippen LogP) is 35.2. The highest BCUT2D eigenvalue weighted by atomic mass is 15.1. The largest absolute Gasteiger partial charge is 0.345 e. The SMILES string of the molecule is Cc1ccc(-c2ccc3c(c2)c2cc(-c4ccc(N(C)c5cccc(-c6ccc7c(c6)CC7)c5)cc4)ccc2n3-c2ccccc2)cc1.Cc1ccc(-c2cccc(-c3cccc(N(C)c4cccc(-c5ccc6c(c5)CC6)c4)c3)c2)cc1.Cc1ccc(N(C)c2cccc(-c3ccc4c(c3)CC4)c2)cc1.Cc1cccc(-c2cccc(-c3cccc(N(C)c4cccc(-c5ccc6c(c5)CC6)c4)c3)c2)c1. The normalized spacial score (nSPS) is 12.2. The van der Waals surface area contributed by atoms with Crippen molar-refractivity contribution < 1.29 is 0 Å². The summed E-state index contributed by atoms with van der Waals surface area (Å²) in [6, 6.07) is 167. The molecule has 1 aromatic heterocycles. The second-order valence-corrected chi connectivity index (χ2v) is 38.8. The summed E-state index contributed by atoms with van der Waals surface area (Å²) < 4.78 is 2.39. The molecular weight excluding hydrogens is 1700 g/mol. The number of benzene rings is 20. The molecule has 0 saturated heterocycles. The van der Waals surface area contributed by atoms with Crippen LogP contribution in [0.2, 0.25) is 0 Å². The lowest BCUT2D eigenvalue weighted by Gasteiger charge is -2.22. The van der Waals surface area contributed by atoms with E-state index in [1.807, 2.05) is 0 Å². The zero-order valence-electron chi connectivity index (χ0n) is 81.7. The lowest BCUT2D eigenvalue weighted by molar-refractivity contribution is 0.840. The smallest absolute Gasteiger partial charge is 0.0541 e. The van der Waals surface area contributed by atoms with E-state index in [1.54, 1.807) is 0 Å². The maximum Gasteiger partial charge on any atom is 0.0541 e. The first-order chi connectivity index (χ1) is 69.1. The Hall–Kier alpha value is -16.6. The van der Waals surface area contributed by atoms with Gasteiger partial charge in [0.2, 0.25) is 0 Å². The molecule has 20 aromatic carbocycles. The van der Waals surface area contributed by atoms with Gasteiger partial charge in [0, 0.05) is 90.1 Å². The zero-order chi connectivity index (χ0) is 95.6. The van der Waals surface area contributed by atoms with E-state index in [2.05, 4.69) is 535 Å². The average molecular weight is 1820 g/mol. The minimum Gasteiger partial charge on any atom is -0.345 e. The molecule has 21 aromatic rings. The number of hydrogen-bond acceptors (Lipinski definition) is 4. The monoisotopic (exact) mass is 1820 g/mol. The number of fused-ring (bicyclic) bond motifs is 7. The Kier molecular flexibility index (Phi) is 25.1. The molecule has 0 atom stereocenters. The van der Waals surface area contributed by atoms with E-state index < -0.39 is 0 Å². The van der Waals surface area contributed by atoms with Crippen LogP contribution in [0.15, 0.2) is 455 Å². The highest BCUT2D eigenvalue weighted by Crippen LogP contribution is 2.44. The molecule has 141 heavy (non-hydrogen) atoms. The Labute approximate surface area is 831 Å². The van der Waals surface area contributed by atoms with E-state index in [0.717, 1.165) is 5.69 Å². The molecule has 5 nitrogen and oxygen atoms in total. The van der Waals surface area contributed by atoms with Crippen LogP contribution in [0.4, 0.5) is 45.5 Å². The Bertz CT molecular complexity index is 8200. The molecule has 0 bridgehead atoms. The Morgan fingerprint density at radius 2 is 0.369 bits per heavy atom. The quantitative estimate of drug-likeness (QED) is 0.0803. The molecule has 0 radical (unpaired) electrons. The Morgan fingerprint density at radius 1 is 0.149 bits per heavy atom. The van der Waals surface area contributed by atoms with Crippen molar-refractivity contribution in [2.75, 3.05) is 47.8 Å². The molecule has 4 aliphatic carbocycles. The van der Waals surface area contributed by atoms with Crippen LogP contribution < -0.4 is 19.6 Å². The van der Waals surface area contributed by atoms with Crippen molar-refractivity contribution in [3.63, 3.8) is 0 Å². The van der Waals surface area contributed by atoms with E-state index >= 15 is 0 Å². The van der Waals surface area contributed by atoms with Crippen LogP contribution in [0.5, 0.6) is 0 Å². The van der Waals surface area contributed by atoms with Crippen LogP contribution in [0.25, 0.3) is 139 Å². The number of rotatable bonds is 19. The van der Waals surface area contributed by atoms with Crippen LogP contribution in [-0.2, 0) is 51.4 Å². The third-order valence-electron chi connectivity index (χ3n) is 29.5. The average Bonchev–Trinajstić information content (AvgIpc) is 1.58. The van der Waals surface area contributed by atoms with Gasteiger partial charge in [-0.1, -0.05) is 332 Å². The summed E-state index contributed by atoms with van der Waals surface area (Å²) in [5.74, 6) is 0. The minimum absolute atomic E-state index is 1.16. The van der Waals surface area contributed by atoms with E-state index in [0.29, 0.717) is 0 Å². The van der Waals surface area contributed by atoms with Crippen LogP contribution in [0.3, 0.4) is 0 Å². The van der Waals surface area contributed by atoms with Crippen LogP contribution in [-0.4, -0.2) is 32.8 Å². The van der Waals surface area contributed by atoms with Crippen molar-refractivity contribution in [3.8, 4) is 117 Å². The van der Waals surface area contributed by atoms with E-state index in [9.17, 15) is 0 Å². The number of aryl methyl sites for hydroxylation is 12. The summed E-state index contributed by atoms with van der Waals surface area (Å²) in [6.45, 7) is 8.53. The third-order valence-corrected chi connectivity index (χ3v) is 29.5. The topological polar surface area (TPSA) is 17.9 Å². The number of hydrogen-bond donors (Lipinski definition) is 0. The summed E-state index contributed by atoms with van der Waals surface area (Å²) in [6.07, 6.45) is 9.75. The van der Waals surface area contributed by atoms with Crippen molar-refractivity contribution in [2.24, 2.45) is 0 Å². The molecule has 5 heteroatoms. The molecule has 4 aliphatic rings. The van der Waals surface area contributed by atoms with Gasteiger partial charge in [0.05, 0.1) is 11.0 Å². The molecule has 0 saturated carbocycles. The van der Waals surface area contributed by atoms with Gasteiger partial charge in [-0.25, -0.2) is 0 Å². The minimum atomic E-state index is 1.16. The lowest BCUT2D eigenvalue weighted by atomic mass is 9.86. The number of anilines is 8. The summed E-state index contributed by atoms with van der Waals surface area (Å²) in [5.41, 5.74) is 55.4. The second kappa shape index (κ2) is 39.5. The Morgan fingerprint density at radius 3 is 0.660 bits per heavy atom. The van der Waals surface area contributed by atoms with Gasteiger partial charge in [-0.3, -0.25) is 0 Å². The Balaban J connectivity index is 0.000000111. The predicted molar refractivity (Wildman–Crippen MR) is 601 cm³/mol. The van der Waals surface area contributed by atoms with Crippen molar-refractivity contribution in [1.29, 1.82) is 0 Å². The molecule has 0 fully saturated rings. The van der Waals surface area contributed by atoms with Crippen LogP contribution >= 0.6 is 0 Å². The fourth-order valence-electron chi connectivity index (χ4n) is 20.4. The fraction of sp³-hybridized carbons (Fsp3) is 0.118. The molecule has 0 aliphatic heterocycles. The molecule has 684 valence electrons. The molecule has 25 rings (SSSR count). The number of nitrogens with zero attached hydrogens (tertiary/aromatic N) is 5. The van der Waals surface area contributed by atoms with Gasteiger partial charge < -0.3 is 24.2 Å². The van der Waals surface area contributed by atoms with Crippen LogP contribution in [0, 0.1) is 27.7 Å². The van der Waals surface area contributed by atoms with Crippen molar-refractivity contribution in [1.82, 2.24) is 4.57 Å². The summed E-state index contributed by atoms with van der Waals surface area (Å²) >= 11 is 0. The second-order valence-electron chi connectivity index (χ2n) is 38.8. The highest BCUT2D eigenvalue weighted by molar-refractivity contribution is 6.12. The number of aromatic nitrogens is 1. The van der Waals surface area contributed by atoms with Gasteiger partial charge in [-0.15, -0.1) is 0 Å². The van der Waals surface area contributed by atoms with Crippen LogP contribution in [0.1, 0.15) is 66.8 Å². The van der Waals surface area contributed by atoms with Gasteiger partial charge in [-0.05, 0) is 380 Å². The number of para-hydroxylation sites is 1. The lowest BCUT2D eigenvalue weighted by Crippen LogP contribution is -2.09. The first-order valence-corrected chi connectivity index (χ1v) is 49.8. The van der Waals surface area contributed by atoms with E-state index in [-0.39, 0.29) is 0 Å².